The van der Waals surface area contributed by atoms with Gasteiger partial charge in [0.2, 0.25) is 0 Å². The average Bonchev–Trinajstić information content (AvgIpc) is 2.97. The minimum Gasteiger partial charge on any atom is -0.445 e. The lowest BCUT2D eigenvalue weighted by Crippen LogP contribution is -2.35. The molecule has 1 heterocycles. The van der Waals surface area contributed by atoms with E-state index in [2.05, 4.69) is 14.8 Å². The van der Waals surface area contributed by atoms with Crippen molar-refractivity contribution in [1.29, 1.82) is 0 Å². The predicted molar refractivity (Wildman–Crippen MR) is 88.2 cm³/mol. The van der Waals surface area contributed by atoms with Crippen LogP contribution in [0.2, 0.25) is 0 Å². The molecule has 1 amide bonds. The van der Waals surface area contributed by atoms with Gasteiger partial charge in [-0.2, -0.15) is 0 Å². The maximum atomic E-state index is 13.0. The number of aliphatic hydroxyl groups is 2. The summed E-state index contributed by atoms with van der Waals surface area (Å²) in [6.45, 7) is -0.249. The molecule has 0 radical (unpaired) electrons. The molecule has 3 N–H and O–H groups in total. The Morgan fingerprint density at radius 2 is 1.81 bits per heavy atom. The lowest BCUT2D eigenvalue weighted by molar-refractivity contribution is -0.286. The Balaban J connectivity index is 1.49. The monoisotopic (exact) mass is 381 g/mol. The number of carbonyl (C=O) groups excluding carboxylic acids is 1. The second kappa shape index (κ2) is 7.77. The van der Waals surface area contributed by atoms with E-state index in [9.17, 15) is 23.8 Å². The van der Waals surface area contributed by atoms with E-state index in [1.807, 2.05) is 6.07 Å². The van der Waals surface area contributed by atoms with Gasteiger partial charge in [-0.25, -0.2) is 4.79 Å². The van der Waals surface area contributed by atoms with Crippen molar-refractivity contribution in [3.63, 3.8) is 0 Å². The van der Waals surface area contributed by atoms with E-state index in [-0.39, 0.29) is 30.2 Å². The fourth-order valence-corrected chi connectivity index (χ4v) is 2.45. The van der Waals surface area contributed by atoms with Crippen LogP contribution in [0.5, 0.6) is 11.5 Å². The van der Waals surface area contributed by atoms with Crippen LogP contribution < -0.4 is 14.8 Å². The summed E-state index contributed by atoms with van der Waals surface area (Å²) >= 11 is 0. The molecule has 0 bridgehead atoms. The van der Waals surface area contributed by atoms with Crippen LogP contribution >= 0.6 is 0 Å². The molecule has 9 heteroatoms. The Morgan fingerprint density at radius 3 is 2.56 bits per heavy atom. The average molecular weight is 381 g/mol. The number of benzene rings is 2. The van der Waals surface area contributed by atoms with Crippen molar-refractivity contribution in [2.24, 2.45) is 0 Å². The minimum absolute atomic E-state index is 0.0572. The van der Waals surface area contributed by atoms with Gasteiger partial charge in [-0.3, -0.25) is 0 Å². The number of alkyl halides is 2. The van der Waals surface area contributed by atoms with Gasteiger partial charge in [0.1, 0.15) is 18.8 Å². The lowest BCUT2D eigenvalue weighted by Gasteiger charge is -2.18. The Hall–Kier alpha value is -2.91. The zero-order valence-corrected chi connectivity index (χ0v) is 14.0. The molecule has 0 fully saturated rings. The van der Waals surface area contributed by atoms with Crippen LogP contribution in [0, 0.1) is 0 Å². The first kappa shape index (κ1) is 18.9. The molecule has 2 atom stereocenters. The molecule has 0 saturated carbocycles. The van der Waals surface area contributed by atoms with E-state index in [1.165, 1.54) is 12.1 Å². The van der Waals surface area contributed by atoms with Crippen molar-refractivity contribution >= 4 is 6.09 Å². The van der Waals surface area contributed by atoms with Gasteiger partial charge in [0.15, 0.2) is 11.5 Å². The highest BCUT2D eigenvalue weighted by Crippen LogP contribution is 2.42. The molecule has 3 rings (SSSR count). The van der Waals surface area contributed by atoms with E-state index in [0.717, 1.165) is 11.6 Å². The van der Waals surface area contributed by atoms with Gasteiger partial charge < -0.3 is 29.7 Å². The van der Waals surface area contributed by atoms with Crippen LogP contribution in [-0.2, 0) is 11.3 Å². The highest BCUT2D eigenvalue weighted by atomic mass is 19.3. The van der Waals surface area contributed by atoms with Gasteiger partial charge in [-0.15, -0.1) is 8.78 Å². The smallest absolute Gasteiger partial charge is 0.445 e. The summed E-state index contributed by atoms with van der Waals surface area (Å²) < 4.78 is 39.6. The first-order valence-electron chi connectivity index (χ1n) is 8.04. The number of nitrogens with one attached hydrogen (secondary N) is 1. The molecular weight excluding hydrogens is 364 g/mol. The van der Waals surface area contributed by atoms with Crippen LogP contribution in [0.15, 0.2) is 48.5 Å². The van der Waals surface area contributed by atoms with Gasteiger partial charge in [-0.05, 0) is 23.3 Å². The molecule has 1 aliphatic heterocycles. The molecule has 2 aromatic rings. The molecule has 144 valence electrons. The van der Waals surface area contributed by atoms with Crippen molar-refractivity contribution in [3.8, 4) is 11.5 Å². The fourth-order valence-electron chi connectivity index (χ4n) is 2.45. The highest BCUT2D eigenvalue weighted by molar-refractivity contribution is 5.67. The highest BCUT2D eigenvalue weighted by Gasteiger charge is 2.43. The lowest BCUT2D eigenvalue weighted by atomic mass is 10.0. The zero-order chi connectivity index (χ0) is 19.4. The third-order valence-corrected chi connectivity index (χ3v) is 3.80. The third-order valence-electron chi connectivity index (χ3n) is 3.80. The largest absolute Gasteiger partial charge is 0.586 e. The molecule has 27 heavy (non-hydrogen) atoms. The second-order valence-electron chi connectivity index (χ2n) is 5.83. The van der Waals surface area contributed by atoms with Crippen molar-refractivity contribution in [2.75, 3.05) is 6.54 Å². The van der Waals surface area contributed by atoms with Gasteiger partial charge in [-0.1, -0.05) is 36.4 Å². The third kappa shape index (κ3) is 4.83. The summed E-state index contributed by atoms with van der Waals surface area (Å²) in [4.78, 5) is 11.7. The van der Waals surface area contributed by atoms with Gasteiger partial charge in [0.25, 0.3) is 0 Å². The quantitative estimate of drug-likeness (QED) is 0.711. The number of amides is 1. The van der Waals surface area contributed by atoms with Gasteiger partial charge in [0, 0.05) is 6.54 Å². The number of rotatable bonds is 6. The first-order valence-corrected chi connectivity index (χ1v) is 8.04. The van der Waals surface area contributed by atoms with Crippen molar-refractivity contribution in [2.45, 2.75) is 25.1 Å². The maximum absolute atomic E-state index is 13.0. The maximum Gasteiger partial charge on any atom is 0.586 e. The summed E-state index contributed by atoms with van der Waals surface area (Å²) in [5.41, 5.74) is 0.924. The Kier molecular flexibility index (Phi) is 5.43. The molecule has 1 aliphatic rings. The van der Waals surface area contributed by atoms with E-state index >= 15 is 0 Å². The van der Waals surface area contributed by atoms with E-state index in [0.29, 0.717) is 0 Å². The molecule has 0 saturated heterocycles. The summed E-state index contributed by atoms with van der Waals surface area (Å²) in [5.74, 6) is -0.424. The molecule has 0 aromatic heterocycles. The second-order valence-corrected chi connectivity index (χ2v) is 5.83. The van der Waals surface area contributed by atoms with E-state index < -0.39 is 24.6 Å². The molecule has 0 aliphatic carbocycles. The van der Waals surface area contributed by atoms with Gasteiger partial charge >= 0.3 is 12.4 Å². The Morgan fingerprint density at radius 1 is 1.11 bits per heavy atom. The van der Waals surface area contributed by atoms with E-state index in [4.69, 9.17) is 4.74 Å². The minimum atomic E-state index is -3.77. The Labute approximate surface area is 153 Å². The molecule has 2 unspecified atom stereocenters. The topological polar surface area (TPSA) is 97.3 Å². The Bertz CT molecular complexity index is 802. The fraction of sp³-hybridized carbons (Fsp3) is 0.278. The van der Waals surface area contributed by atoms with Crippen LogP contribution in [0.3, 0.4) is 0 Å². The van der Waals surface area contributed by atoms with Crippen LogP contribution in [0.1, 0.15) is 17.2 Å². The standard InChI is InChI=1S/C18H17F2NO6/c19-18(20)26-14-7-6-12(8-15(14)27-18)16(23)13(22)9-21-17(24)25-10-11-4-2-1-3-5-11/h1-8,13,16,22-23H,9-10H2,(H,21,24). The normalized spacial score (nSPS) is 16.4. The number of halogens is 2. The summed E-state index contributed by atoms with van der Waals surface area (Å²) in [6, 6.07) is 12.7. The molecular formula is C18H17F2NO6. The van der Waals surface area contributed by atoms with Crippen LogP contribution in [0.4, 0.5) is 13.6 Å². The van der Waals surface area contributed by atoms with Crippen molar-refractivity contribution < 1.29 is 38.0 Å². The number of fused-ring (bicyclic) bond motifs is 1. The molecule has 0 spiro atoms. The SMILES string of the molecule is O=C(NCC(O)C(O)c1ccc2c(c1)OC(F)(F)O2)OCc1ccccc1. The predicted octanol–water partition coefficient (Wildman–Crippen LogP) is 2.33. The first-order chi connectivity index (χ1) is 12.8. The van der Waals surface area contributed by atoms with Crippen molar-refractivity contribution in [1.82, 2.24) is 5.32 Å². The number of hydrogen-bond acceptors (Lipinski definition) is 6. The summed E-state index contributed by atoms with van der Waals surface area (Å²) in [6.07, 6.45) is -7.37. The van der Waals surface area contributed by atoms with Crippen LogP contribution in [-0.4, -0.2) is 35.2 Å². The summed E-state index contributed by atoms with van der Waals surface area (Å²) in [5, 5.41) is 22.5. The van der Waals surface area contributed by atoms with Crippen LogP contribution in [0.25, 0.3) is 0 Å². The van der Waals surface area contributed by atoms with Gasteiger partial charge in [0.05, 0.1) is 0 Å². The number of alkyl carbamates (subject to hydrolysis) is 1. The van der Waals surface area contributed by atoms with Crippen molar-refractivity contribution in [3.05, 3.63) is 59.7 Å². The zero-order valence-electron chi connectivity index (χ0n) is 14.0. The number of ether oxygens (including phenoxy) is 3. The number of hydrogen-bond donors (Lipinski definition) is 3. The molecule has 7 nitrogen and oxygen atoms in total. The number of aliphatic hydroxyl groups excluding tert-OH is 2. The molecule has 2 aromatic carbocycles. The number of carbonyl (C=O) groups is 1. The van der Waals surface area contributed by atoms with E-state index in [1.54, 1.807) is 24.3 Å². The summed E-state index contributed by atoms with van der Waals surface area (Å²) in [7, 11) is 0.